The van der Waals surface area contributed by atoms with Gasteiger partial charge >= 0.3 is 0 Å². The lowest BCUT2D eigenvalue weighted by molar-refractivity contribution is 0.102. The first-order valence-corrected chi connectivity index (χ1v) is 12.1. The van der Waals surface area contributed by atoms with Crippen molar-refractivity contribution in [3.8, 4) is 40.0 Å². The Morgan fingerprint density at radius 3 is 2.58 bits per heavy atom. The second-order valence-corrected chi connectivity index (χ2v) is 9.53. The maximum Gasteiger partial charge on any atom is 0.257 e. The van der Waals surface area contributed by atoms with Crippen LogP contribution in [0, 0.1) is 18.3 Å². The van der Waals surface area contributed by atoms with Crippen molar-refractivity contribution in [1.82, 2.24) is 4.98 Å². The molecule has 1 aliphatic rings. The number of carbonyl (C=O) groups is 1. The van der Waals surface area contributed by atoms with Crippen LogP contribution in [-0.2, 0) is 0 Å². The van der Waals surface area contributed by atoms with E-state index in [1.165, 1.54) is 11.3 Å². The van der Waals surface area contributed by atoms with Gasteiger partial charge in [0.2, 0.25) is 6.79 Å². The van der Waals surface area contributed by atoms with Gasteiger partial charge in [-0.3, -0.25) is 4.79 Å². The fourth-order valence-corrected chi connectivity index (χ4v) is 5.45. The minimum absolute atomic E-state index is 0.185. The molecule has 1 N–H and O–H groups in total. The maximum absolute atomic E-state index is 13.6. The second kappa shape index (κ2) is 8.84. The molecule has 2 aromatic heterocycles. The van der Waals surface area contributed by atoms with Crippen molar-refractivity contribution in [3.63, 3.8) is 0 Å². The number of aryl methyl sites for hydroxylation is 1. The van der Waals surface area contributed by atoms with Gasteiger partial charge in [-0.25, -0.2) is 4.98 Å². The molecule has 36 heavy (non-hydrogen) atoms. The zero-order valence-electron chi connectivity index (χ0n) is 19.2. The van der Waals surface area contributed by atoms with Gasteiger partial charge in [-0.2, -0.15) is 5.26 Å². The summed E-state index contributed by atoms with van der Waals surface area (Å²) < 4.78 is 10.9. The van der Waals surface area contributed by atoms with Crippen LogP contribution in [0.2, 0.25) is 0 Å². The maximum atomic E-state index is 13.6. The van der Waals surface area contributed by atoms with Crippen LogP contribution in [0.15, 0.2) is 78.9 Å². The van der Waals surface area contributed by atoms with E-state index in [9.17, 15) is 10.1 Å². The molecule has 5 aromatic rings. The zero-order valence-corrected chi connectivity index (χ0v) is 20.1. The van der Waals surface area contributed by atoms with Gasteiger partial charge in [0.05, 0.1) is 22.3 Å². The number of nitrogens with one attached hydrogen (secondary N) is 1. The molecule has 1 amide bonds. The van der Waals surface area contributed by atoms with Crippen molar-refractivity contribution in [2.75, 3.05) is 12.1 Å². The number of ether oxygens (including phenoxy) is 2. The minimum Gasteiger partial charge on any atom is -0.454 e. The smallest absolute Gasteiger partial charge is 0.257 e. The summed E-state index contributed by atoms with van der Waals surface area (Å²) in [6.07, 6.45) is 0. The first-order chi connectivity index (χ1) is 17.6. The number of rotatable bonds is 4. The van der Waals surface area contributed by atoms with E-state index < -0.39 is 0 Å². The van der Waals surface area contributed by atoms with Gasteiger partial charge in [0.15, 0.2) is 11.5 Å². The number of anilines is 1. The first-order valence-electron chi connectivity index (χ1n) is 11.3. The van der Waals surface area contributed by atoms with Crippen LogP contribution < -0.4 is 14.8 Å². The van der Waals surface area contributed by atoms with E-state index >= 15 is 0 Å². The predicted molar refractivity (Wildman–Crippen MR) is 140 cm³/mol. The number of carbonyl (C=O) groups excluding carboxylic acids is 1. The number of hydrogen-bond donors (Lipinski definition) is 1. The van der Waals surface area contributed by atoms with Gasteiger partial charge in [-0.15, -0.1) is 11.3 Å². The molecule has 0 aliphatic carbocycles. The average molecular weight is 490 g/mol. The highest BCUT2D eigenvalue weighted by molar-refractivity contribution is 7.17. The lowest BCUT2D eigenvalue weighted by atomic mass is 10.0. The van der Waals surface area contributed by atoms with E-state index in [-0.39, 0.29) is 12.7 Å². The van der Waals surface area contributed by atoms with Gasteiger partial charge in [0, 0.05) is 21.4 Å². The first kappa shape index (κ1) is 21.8. The standard InChI is InChI=1S/C29H19N3O3S/c1-17-27(18-7-3-2-4-8-18)22(15-30)29(36-17)32-28(33)21-14-24(31-23-10-6-5-9-20(21)23)19-11-12-25-26(13-19)35-16-34-25/h2-14H,16H2,1H3,(H,32,33). The highest BCUT2D eigenvalue weighted by Crippen LogP contribution is 2.40. The quantitative estimate of drug-likeness (QED) is 0.300. The number of nitrogens with zero attached hydrogens (tertiary/aromatic N) is 2. The highest BCUT2D eigenvalue weighted by Gasteiger charge is 2.22. The number of benzene rings is 3. The number of para-hydroxylation sites is 1. The molecule has 0 unspecified atom stereocenters. The number of amides is 1. The summed E-state index contributed by atoms with van der Waals surface area (Å²) in [4.78, 5) is 19.4. The lowest BCUT2D eigenvalue weighted by Gasteiger charge is -2.11. The van der Waals surface area contributed by atoms with Crippen molar-refractivity contribution in [3.05, 3.63) is 94.9 Å². The fraction of sp³-hybridized carbons (Fsp3) is 0.0690. The lowest BCUT2D eigenvalue weighted by Crippen LogP contribution is -2.13. The predicted octanol–water partition coefficient (Wildman–Crippen LogP) is 6.79. The fourth-order valence-electron chi connectivity index (χ4n) is 4.43. The molecule has 0 saturated heterocycles. The van der Waals surface area contributed by atoms with Gasteiger partial charge in [-0.1, -0.05) is 48.5 Å². The molecule has 3 aromatic carbocycles. The van der Waals surface area contributed by atoms with E-state index in [2.05, 4.69) is 11.4 Å². The molecule has 0 bridgehead atoms. The van der Waals surface area contributed by atoms with Gasteiger partial charge in [0.1, 0.15) is 11.1 Å². The van der Waals surface area contributed by atoms with E-state index in [0.717, 1.165) is 27.0 Å². The van der Waals surface area contributed by atoms with Crippen molar-refractivity contribution >= 4 is 33.1 Å². The molecule has 174 valence electrons. The largest absolute Gasteiger partial charge is 0.454 e. The Hall–Kier alpha value is -4.67. The Kier molecular flexibility index (Phi) is 5.36. The Morgan fingerprint density at radius 2 is 1.75 bits per heavy atom. The molecule has 0 spiro atoms. The normalized spacial score (nSPS) is 11.9. The molecule has 0 radical (unpaired) electrons. The molecule has 3 heterocycles. The highest BCUT2D eigenvalue weighted by atomic mass is 32.1. The summed E-state index contributed by atoms with van der Waals surface area (Å²) in [5, 5.41) is 14.2. The molecule has 1 aliphatic heterocycles. The van der Waals surface area contributed by atoms with Crippen LogP contribution in [0.1, 0.15) is 20.8 Å². The van der Waals surface area contributed by atoms with Crippen LogP contribution in [0.5, 0.6) is 11.5 Å². The summed E-state index contributed by atoms with van der Waals surface area (Å²) in [5.74, 6) is 1.03. The molecule has 6 rings (SSSR count). The third kappa shape index (κ3) is 3.74. The van der Waals surface area contributed by atoms with Crippen molar-refractivity contribution < 1.29 is 14.3 Å². The monoisotopic (exact) mass is 489 g/mol. The van der Waals surface area contributed by atoms with Crippen molar-refractivity contribution in [2.45, 2.75) is 6.92 Å². The Morgan fingerprint density at radius 1 is 0.972 bits per heavy atom. The number of pyridine rings is 1. The molecule has 0 atom stereocenters. The Balaban J connectivity index is 1.42. The van der Waals surface area contributed by atoms with E-state index in [1.54, 1.807) is 6.07 Å². The van der Waals surface area contributed by atoms with Gasteiger partial charge in [-0.05, 0) is 42.8 Å². The second-order valence-electron chi connectivity index (χ2n) is 8.31. The van der Waals surface area contributed by atoms with Crippen LogP contribution >= 0.6 is 11.3 Å². The van der Waals surface area contributed by atoms with Crippen LogP contribution in [0.4, 0.5) is 5.00 Å². The Bertz CT molecular complexity index is 1690. The molecule has 0 saturated carbocycles. The summed E-state index contributed by atoms with van der Waals surface area (Å²) in [7, 11) is 0. The summed E-state index contributed by atoms with van der Waals surface area (Å²) in [5.41, 5.74) is 4.89. The SMILES string of the molecule is Cc1sc(NC(=O)c2cc(-c3ccc4c(c3)OCO4)nc3ccccc23)c(C#N)c1-c1ccccc1. The minimum atomic E-state index is -0.298. The van der Waals surface area contributed by atoms with E-state index in [1.807, 2.05) is 79.7 Å². The molecule has 7 heteroatoms. The zero-order chi connectivity index (χ0) is 24.6. The van der Waals surface area contributed by atoms with Gasteiger partial charge in [0.25, 0.3) is 5.91 Å². The number of thiophene rings is 1. The van der Waals surface area contributed by atoms with Crippen molar-refractivity contribution in [1.29, 1.82) is 5.26 Å². The number of aromatic nitrogens is 1. The molecular formula is C29H19N3O3S. The summed E-state index contributed by atoms with van der Waals surface area (Å²) >= 11 is 1.40. The summed E-state index contributed by atoms with van der Waals surface area (Å²) in [6.45, 7) is 2.15. The average Bonchev–Trinajstić information content (AvgIpc) is 3.51. The molecule has 6 nitrogen and oxygen atoms in total. The van der Waals surface area contributed by atoms with E-state index in [4.69, 9.17) is 14.5 Å². The van der Waals surface area contributed by atoms with Crippen LogP contribution in [0.25, 0.3) is 33.3 Å². The molecule has 0 fully saturated rings. The number of hydrogen-bond acceptors (Lipinski definition) is 6. The number of nitriles is 1. The van der Waals surface area contributed by atoms with Crippen LogP contribution in [-0.4, -0.2) is 17.7 Å². The third-order valence-electron chi connectivity index (χ3n) is 6.11. The van der Waals surface area contributed by atoms with Gasteiger partial charge < -0.3 is 14.8 Å². The third-order valence-corrected chi connectivity index (χ3v) is 7.14. The van der Waals surface area contributed by atoms with Crippen molar-refractivity contribution in [2.24, 2.45) is 0 Å². The summed E-state index contributed by atoms with van der Waals surface area (Å²) in [6, 6.07) is 27.0. The number of fused-ring (bicyclic) bond motifs is 2. The van der Waals surface area contributed by atoms with Crippen LogP contribution in [0.3, 0.4) is 0 Å². The Labute approximate surface area is 211 Å². The topological polar surface area (TPSA) is 84.2 Å². The molecular weight excluding hydrogens is 470 g/mol. The van der Waals surface area contributed by atoms with E-state index in [0.29, 0.717) is 38.8 Å².